The molecule has 2 aromatic heterocycles. The predicted molar refractivity (Wildman–Crippen MR) is 171 cm³/mol. The number of benzene rings is 2. The van der Waals surface area contributed by atoms with Gasteiger partial charge in [0.25, 0.3) is 0 Å². The predicted octanol–water partition coefficient (Wildman–Crippen LogP) is 7.64. The quantitative estimate of drug-likeness (QED) is 0.159. The van der Waals surface area contributed by atoms with Crippen molar-refractivity contribution in [3.63, 3.8) is 0 Å². The van der Waals surface area contributed by atoms with Crippen LogP contribution in [0.5, 0.6) is 0 Å². The molecule has 0 atom stereocenters. The highest BCUT2D eigenvalue weighted by Gasteiger charge is 2.26. The SMILES string of the molecule is CCCCc1nc2c(N)nc3ccccc3c2n1CCCCNS(=O)(=O)c1c(C(C)C)cc(C(C)C)cc1C(C)C. The van der Waals surface area contributed by atoms with Crippen molar-refractivity contribution in [1.29, 1.82) is 0 Å². The Kier molecular flexibility index (Phi) is 9.75. The molecule has 2 heterocycles. The van der Waals surface area contributed by atoms with Gasteiger partial charge in [0.1, 0.15) is 11.3 Å². The summed E-state index contributed by atoms with van der Waals surface area (Å²) in [7, 11) is -3.67. The summed E-state index contributed by atoms with van der Waals surface area (Å²) in [6, 6.07) is 12.2. The van der Waals surface area contributed by atoms with E-state index in [0.29, 0.717) is 29.6 Å². The smallest absolute Gasteiger partial charge is 0.241 e. The Morgan fingerprint density at radius 3 is 2.17 bits per heavy atom. The molecule has 0 radical (unpaired) electrons. The number of nitrogens with one attached hydrogen (secondary N) is 1. The van der Waals surface area contributed by atoms with Gasteiger partial charge in [-0.25, -0.2) is 23.1 Å². The number of anilines is 1. The van der Waals surface area contributed by atoms with Gasteiger partial charge in [-0.05, 0) is 59.8 Å². The van der Waals surface area contributed by atoms with E-state index in [9.17, 15) is 8.42 Å². The third kappa shape index (κ3) is 6.59. The minimum atomic E-state index is -3.67. The Hall–Kier alpha value is -2.97. The third-order valence-electron chi connectivity index (χ3n) is 7.89. The number of nitrogens with zero attached hydrogens (tertiary/aromatic N) is 3. The first-order valence-corrected chi connectivity index (χ1v) is 16.6. The lowest BCUT2D eigenvalue weighted by atomic mass is 9.89. The van der Waals surface area contributed by atoms with Crippen LogP contribution in [0, 0.1) is 0 Å². The highest BCUT2D eigenvalue weighted by atomic mass is 32.2. The lowest BCUT2D eigenvalue weighted by Gasteiger charge is -2.23. The van der Waals surface area contributed by atoms with Crippen molar-refractivity contribution >= 4 is 37.8 Å². The molecule has 0 fully saturated rings. The van der Waals surface area contributed by atoms with E-state index >= 15 is 0 Å². The van der Waals surface area contributed by atoms with E-state index in [1.54, 1.807) is 0 Å². The van der Waals surface area contributed by atoms with E-state index < -0.39 is 10.0 Å². The zero-order valence-corrected chi connectivity index (χ0v) is 26.6. The van der Waals surface area contributed by atoms with Crippen LogP contribution in [0.3, 0.4) is 0 Å². The van der Waals surface area contributed by atoms with Crippen molar-refractivity contribution in [2.24, 2.45) is 0 Å². The van der Waals surface area contributed by atoms with Crippen LogP contribution in [0.1, 0.15) is 114 Å². The molecule has 0 aliphatic heterocycles. The highest BCUT2D eigenvalue weighted by Crippen LogP contribution is 2.35. The van der Waals surface area contributed by atoms with Gasteiger partial charge in [0.05, 0.1) is 15.9 Å². The molecular formula is C33H47N5O2S. The molecule has 0 aliphatic carbocycles. The topological polar surface area (TPSA) is 103 Å². The Labute approximate surface area is 246 Å². The monoisotopic (exact) mass is 577 g/mol. The summed E-state index contributed by atoms with van der Waals surface area (Å²) in [6.07, 6.45) is 4.51. The molecule has 4 aromatic rings. The standard InChI is InChI=1S/C33H47N5O2S/c1-8-9-16-29-37-30-31(25-14-10-11-15-28(25)36-33(30)34)38(29)18-13-12-17-35-41(39,40)32-26(22(4)5)19-24(21(2)3)20-27(32)23(6)7/h10-11,14-15,19-23,35H,8-9,12-13,16-18H2,1-7H3,(H2,34,36). The van der Waals surface area contributed by atoms with Crippen molar-refractivity contribution in [1.82, 2.24) is 19.3 Å². The van der Waals surface area contributed by atoms with E-state index in [4.69, 9.17) is 10.7 Å². The number of rotatable bonds is 13. The zero-order valence-electron chi connectivity index (χ0n) is 25.8. The summed E-state index contributed by atoms with van der Waals surface area (Å²) in [5, 5.41) is 1.04. The molecule has 41 heavy (non-hydrogen) atoms. The van der Waals surface area contributed by atoms with Crippen LogP contribution in [0.25, 0.3) is 21.9 Å². The fourth-order valence-electron chi connectivity index (χ4n) is 5.55. The van der Waals surface area contributed by atoms with E-state index in [1.165, 1.54) is 5.56 Å². The van der Waals surface area contributed by atoms with Crippen LogP contribution >= 0.6 is 0 Å². The second-order valence-electron chi connectivity index (χ2n) is 12.1. The third-order valence-corrected chi connectivity index (χ3v) is 9.49. The Morgan fingerprint density at radius 2 is 1.56 bits per heavy atom. The van der Waals surface area contributed by atoms with E-state index in [-0.39, 0.29) is 11.8 Å². The second kappa shape index (κ2) is 12.9. The molecule has 0 saturated heterocycles. The number of imidazole rings is 1. The maximum atomic E-state index is 13.7. The molecule has 8 heteroatoms. The normalized spacial score (nSPS) is 12.5. The van der Waals surface area contributed by atoms with Gasteiger partial charge in [-0.3, -0.25) is 0 Å². The Balaban J connectivity index is 1.56. The Morgan fingerprint density at radius 1 is 0.902 bits per heavy atom. The zero-order chi connectivity index (χ0) is 29.9. The molecule has 0 aliphatic rings. The minimum Gasteiger partial charge on any atom is -0.382 e. The van der Waals surface area contributed by atoms with Crippen LogP contribution < -0.4 is 10.5 Å². The van der Waals surface area contributed by atoms with Gasteiger partial charge in [0.15, 0.2) is 5.82 Å². The number of unbranched alkanes of at least 4 members (excludes halogenated alkanes) is 2. The van der Waals surface area contributed by atoms with E-state index in [0.717, 1.165) is 71.1 Å². The molecule has 0 bridgehead atoms. The fourth-order valence-corrected chi connectivity index (χ4v) is 7.31. The molecular weight excluding hydrogens is 530 g/mol. The van der Waals surface area contributed by atoms with Crippen molar-refractivity contribution in [3.8, 4) is 0 Å². The van der Waals surface area contributed by atoms with Crippen LogP contribution in [0.4, 0.5) is 5.82 Å². The average molecular weight is 578 g/mol. The van der Waals surface area contributed by atoms with Crippen LogP contribution in [-0.2, 0) is 23.0 Å². The number of fused-ring (bicyclic) bond motifs is 3. The number of nitrogen functional groups attached to an aromatic ring is 1. The number of sulfonamides is 1. The van der Waals surface area contributed by atoms with Gasteiger partial charge in [-0.2, -0.15) is 0 Å². The summed E-state index contributed by atoms with van der Waals surface area (Å²) in [4.78, 5) is 9.96. The van der Waals surface area contributed by atoms with Gasteiger partial charge >= 0.3 is 0 Å². The molecule has 4 rings (SSSR count). The molecule has 222 valence electrons. The number of nitrogens with two attached hydrogens (primary N) is 1. The van der Waals surface area contributed by atoms with Gasteiger partial charge in [-0.1, -0.05) is 85.2 Å². The van der Waals surface area contributed by atoms with Crippen molar-refractivity contribution in [2.45, 2.75) is 110 Å². The lowest BCUT2D eigenvalue weighted by molar-refractivity contribution is 0.558. The summed E-state index contributed by atoms with van der Waals surface area (Å²) in [6.45, 7) is 15.9. The number of aromatic nitrogens is 3. The Bertz CT molecular complexity index is 1590. The first-order chi connectivity index (χ1) is 19.5. The lowest BCUT2D eigenvalue weighted by Crippen LogP contribution is -2.28. The minimum absolute atomic E-state index is 0.102. The fraction of sp³-hybridized carbons (Fsp3) is 0.515. The number of hydrogen-bond acceptors (Lipinski definition) is 5. The molecule has 0 saturated carbocycles. The number of hydrogen-bond donors (Lipinski definition) is 2. The summed E-state index contributed by atoms with van der Waals surface area (Å²) >= 11 is 0. The van der Waals surface area contributed by atoms with E-state index in [1.807, 2.05) is 18.2 Å². The largest absolute Gasteiger partial charge is 0.382 e. The molecule has 7 nitrogen and oxygen atoms in total. The maximum absolute atomic E-state index is 13.7. The van der Waals surface area contributed by atoms with Gasteiger partial charge < -0.3 is 10.3 Å². The molecule has 3 N–H and O–H groups in total. The summed E-state index contributed by atoms with van der Waals surface area (Å²) < 4.78 is 32.7. The van der Waals surface area contributed by atoms with Crippen molar-refractivity contribution in [2.75, 3.05) is 12.3 Å². The number of para-hydroxylation sites is 1. The van der Waals surface area contributed by atoms with Gasteiger partial charge in [0, 0.05) is 24.9 Å². The first-order valence-electron chi connectivity index (χ1n) is 15.2. The van der Waals surface area contributed by atoms with E-state index in [2.05, 4.69) is 80.9 Å². The molecule has 2 aromatic carbocycles. The van der Waals surface area contributed by atoms with Crippen LogP contribution in [-0.4, -0.2) is 29.5 Å². The van der Waals surface area contributed by atoms with Crippen molar-refractivity contribution in [3.05, 3.63) is 58.9 Å². The van der Waals surface area contributed by atoms with Gasteiger partial charge in [0.2, 0.25) is 10.0 Å². The summed E-state index contributed by atoms with van der Waals surface area (Å²) in [5.74, 6) is 2.00. The average Bonchev–Trinajstić information content (AvgIpc) is 3.29. The summed E-state index contributed by atoms with van der Waals surface area (Å²) in [5.41, 5.74) is 12.0. The van der Waals surface area contributed by atoms with Crippen LogP contribution in [0.2, 0.25) is 0 Å². The first kappa shape index (κ1) is 31.0. The van der Waals surface area contributed by atoms with Crippen molar-refractivity contribution < 1.29 is 8.42 Å². The number of pyridine rings is 1. The molecule has 0 amide bonds. The maximum Gasteiger partial charge on any atom is 0.241 e. The number of aryl methyl sites for hydroxylation is 2. The second-order valence-corrected chi connectivity index (χ2v) is 13.8. The highest BCUT2D eigenvalue weighted by molar-refractivity contribution is 7.89. The van der Waals surface area contributed by atoms with Crippen LogP contribution in [0.15, 0.2) is 41.3 Å². The van der Waals surface area contributed by atoms with Gasteiger partial charge in [-0.15, -0.1) is 0 Å². The molecule has 0 spiro atoms. The molecule has 0 unspecified atom stereocenters.